The SMILES string of the molecule is Cc1cnoc1C(=O)N1CC(=O)NCC1C(=O)O. The number of hydrogen-bond acceptors (Lipinski definition) is 5. The zero-order chi connectivity index (χ0) is 13.3. The molecule has 1 aliphatic rings. The van der Waals surface area contributed by atoms with Crippen molar-refractivity contribution < 1.29 is 24.0 Å². The summed E-state index contributed by atoms with van der Waals surface area (Å²) in [5.41, 5.74) is 0.495. The van der Waals surface area contributed by atoms with Crippen LogP contribution in [-0.2, 0) is 9.59 Å². The first-order valence-corrected chi connectivity index (χ1v) is 5.22. The van der Waals surface area contributed by atoms with E-state index in [0.717, 1.165) is 4.90 Å². The van der Waals surface area contributed by atoms with Crippen molar-refractivity contribution in [1.29, 1.82) is 0 Å². The number of aliphatic carboxylic acids is 1. The second-order valence-corrected chi connectivity index (χ2v) is 3.93. The van der Waals surface area contributed by atoms with E-state index in [2.05, 4.69) is 10.5 Å². The number of amides is 2. The van der Waals surface area contributed by atoms with Crippen LogP contribution < -0.4 is 5.32 Å². The lowest BCUT2D eigenvalue weighted by molar-refractivity contribution is -0.144. The molecule has 8 nitrogen and oxygen atoms in total. The summed E-state index contributed by atoms with van der Waals surface area (Å²) in [6.45, 7) is 1.19. The highest BCUT2D eigenvalue weighted by Gasteiger charge is 2.37. The van der Waals surface area contributed by atoms with Gasteiger partial charge in [0.25, 0.3) is 5.91 Å². The number of carboxylic acid groups (broad SMARTS) is 1. The molecule has 0 spiro atoms. The van der Waals surface area contributed by atoms with Crippen molar-refractivity contribution in [3.8, 4) is 0 Å². The summed E-state index contributed by atoms with van der Waals surface area (Å²) in [7, 11) is 0. The molecule has 0 saturated carbocycles. The van der Waals surface area contributed by atoms with Crippen molar-refractivity contribution in [2.75, 3.05) is 13.1 Å². The van der Waals surface area contributed by atoms with E-state index in [1.807, 2.05) is 0 Å². The van der Waals surface area contributed by atoms with E-state index in [-0.39, 0.29) is 18.8 Å². The third-order valence-electron chi connectivity index (χ3n) is 2.67. The first-order valence-electron chi connectivity index (χ1n) is 5.22. The molecule has 1 aliphatic heterocycles. The molecule has 2 N–H and O–H groups in total. The highest BCUT2D eigenvalue weighted by atomic mass is 16.5. The fourth-order valence-electron chi connectivity index (χ4n) is 1.70. The third kappa shape index (κ3) is 2.04. The number of nitrogens with one attached hydrogen (secondary N) is 1. The molecule has 8 heteroatoms. The number of rotatable bonds is 2. The van der Waals surface area contributed by atoms with Crippen LogP contribution in [-0.4, -0.2) is 52.1 Å². The molecule has 0 aliphatic carbocycles. The minimum absolute atomic E-state index is 0.0454. The predicted molar refractivity (Wildman–Crippen MR) is 56.7 cm³/mol. The lowest BCUT2D eigenvalue weighted by atomic mass is 10.1. The Morgan fingerprint density at radius 1 is 1.61 bits per heavy atom. The largest absolute Gasteiger partial charge is 0.480 e. The predicted octanol–water partition coefficient (Wildman–Crippen LogP) is -0.992. The Balaban J connectivity index is 2.28. The van der Waals surface area contributed by atoms with Crippen molar-refractivity contribution in [1.82, 2.24) is 15.4 Å². The van der Waals surface area contributed by atoms with Gasteiger partial charge in [-0.3, -0.25) is 9.59 Å². The van der Waals surface area contributed by atoms with E-state index in [4.69, 9.17) is 9.63 Å². The van der Waals surface area contributed by atoms with Gasteiger partial charge < -0.3 is 19.8 Å². The van der Waals surface area contributed by atoms with Crippen LogP contribution in [0.5, 0.6) is 0 Å². The van der Waals surface area contributed by atoms with Gasteiger partial charge in [0.15, 0.2) is 0 Å². The normalized spacial score (nSPS) is 19.5. The van der Waals surface area contributed by atoms with Gasteiger partial charge in [-0.15, -0.1) is 0 Å². The Morgan fingerprint density at radius 2 is 2.33 bits per heavy atom. The van der Waals surface area contributed by atoms with Crippen molar-refractivity contribution in [3.05, 3.63) is 17.5 Å². The van der Waals surface area contributed by atoms with Crippen molar-refractivity contribution >= 4 is 17.8 Å². The van der Waals surface area contributed by atoms with Crippen LogP contribution in [0.1, 0.15) is 16.1 Å². The molecule has 1 saturated heterocycles. The molecule has 96 valence electrons. The van der Waals surface area contributed by atoms with Gasteiger partial charge in [-0.05, 0) is 6.92 Å². The van der Waals surface area contributed by atoms with Crippen LogP contribution in [0.3, 0.4) is 0 Å². The lowest BCUT2D eigenvalue weighted by Gasteiger charge is -2.31. The van der Waals surface area contributed by atoms with Crippen LogP contribution in [0.15, 0.2) is 10.7 Å². The second kappa shape index (κ2) is 4.47. The van der Waals surface area contributed by atoms with Gasteiger partial charge in [0, 0.05) is 12.1 Å². The number of aryl methyl sites for hydroxylation is 1. The molecule has 0 bridgehead atoms. The summed E-state index contributed by atoms with van der Waals surface area (Å²) in [6.07, 6.45) is 1.35. The zero-order valence-corrected chi connectivity index (χ0v) is 9.54. The van der Waals surface area contributed by atoms with Gasteiger partial charge in [0.05, 0.1) is 6.20 Å². The van der Waals surface area contributed by atoms with E-state index >= 15 is 0 Å². The molecule has 1 unspecified atom stereocenters. The van der Waals surface area contributed by atoms with Crippen molar-refractivity contribution in [2.24, 2.45) is 0 Å². The van der Waals surface area contributed by atoms with E-state index in [1.165, 1.54) is 6.20 Å². The summed E-state index contributed by atoms with van der Waals surface area (Å²) >= 11 is 0. The molecular formula is C10H11N3O5. The van der Waals surface area contributed by atoms with Gasteiger partial charge in [-0.25, -0.2) is 4.79 Å². The average molecular weight is 253 g/mol. The summed E-state index contributed by atoms with van der Waals surface area (Å²) in [5, 5.41) is 14.9. The number of carbonyl (C=O) groups is 3. The number of nitrogens with zero attached hydrogens (tertiary/aromatic N) is 2. The van der Waals surface area contributed by atoms with Crippen LogP contribution in [0.2, 0.25) is 0 Å². The van der Waals surface area contributed by atoms with Crippen LogP contribution in [0, 0.1) is 6.92 Å². The standard InChI is InChI=1S/C10H11N3O5/c1-5-2-12-18-8(5)9(15)13-4-7(14)11-3-6(13)10(16)17/h2,6H,3-4H2,1H3,(H,11,14)(H,16,17). The maximum absolute atomic E-state index is 12.1. The minimum atomic E-state index is -1.18. The molecule has 2 amide bonds. The zero-order valence-electron chi connectivity index (χ0n) is 9.54. The van der Waals surface area contributed by atoms with Gasteiger partial charge in [0.2, 0.25) is 11.7 Å². The number of hydrogen-bond donors (Lipinski definition) is 2. The van der Waals surface area contributed by atoms with E-state index < -0.39 is 23.8 Å². The second-order valence-electron chi connectivity index (χ2n) is 3.93. The highest BCUT2D eigenvalue weighted by molar-refractivity contribution is 5.98. The lowest BCUT2D eigenvalue weighted by Crippen LogP contribution is -2.59. The van der Waals surface area contributed by atoms with Crippen LogP contribution in [0.4, 0.5) is 0 Å². The maximum Gasteiger partial charge on any atom is 0.328 e. The summed E-state index contributed by atoms with van der Waals surface area (Å²) in [4.78, 5) is 35.4. The smallest absolute Gasteiger partial charge is 0.328 e. The highest BCUT2D eigenvalue weighted by Crippen LogP contribution is 2.14. The molecule has 2 heterocycles. The molecule has 1 fully saturated rings. The van der Waals surface area contributed by atoms with Crippen molar-refractivity contribution in [3.63, 3.8) is 0 Å². The number of aromatic nitrogens is 1. The Kier molecular flexibility index (Phi) is 3.00. The number of carboxylic acids is 1. The summed E-state index contributed by atoms with van der Waals surface area (Å²) in [5.74, 6) is -2.28. The third-order valence-corrected chi connectivity index (χ3v) is 2.67. The number of carbonyl (C=O) groups excluding carboxylic acids is 2. The average Bonchev–Trinajstić information content (AvgIpc) is 2.74. The molecule has 1 atom stereocenters. The molecule has 1 aromatic rings. The fourth-order valence-corrected chi connectivity index (χ4v) is 1.70. The monoisotopic (exact) mass is 253 g/mol. The van der Waals surface area contributed by atoms with Crippen LogP contribution in [0.25, 0.3) is 0 Å². The molecule has 0 aromatic carbocycles. The topological polar surface area (TPSA) is 113 Å². The first-order chi connectivity index (χ1) is 8.50. The minimum Gasteiger partial charge on any atom is -0.480 e. The van der Waals surface area contributed by atoms with Gasteiger partial charge >= 0.3 is 5.97 Å². The quantitative estimate of drug-likeness (QED) is 0.699. The van der Waals surface area contributed by atoms with E-state index in [0.29, 0.717) is 5.56 Å². The van der Waals surface area contributed by atoms with Gasteiger partial charge in [-0.2, -0.15) is 0 Å². The van der Waals surface area contributed by atoms with Gasteiger partial charge in [-0.1, -0.05) is 5.16 Å². The number of piperazine rings is 1. The Hall–Kier alpha value is -2.38. The summed E-state index contributed by atoms with van der Waals surface area (Å²) < 4.78 is 4.78. The Morgan fingerprint density at radius 3 is 2.89 bits per heavy atom. The Labute approximate surface area is 102 Å². The molecular weight excluding hydrogens is 242 g/mol. The maximum atomic E-state index is 12.1. The van der Waals surface area contributed by atoms with E-state index in [1.54, 1.807) is 6.92 Å². The fraction of sp³-hybridized carbons (Fsp3) is 0.400. The molecule has 2 rings (SSSR count). The van der Waals surface area contributed by atoms with Gasteiger partial charge in [0.1, 0.15) is 12.6 Å². The van der Waals surface area contributed by atoms with E-state index in [9.17, 15) is 14.4 Å². The molecule has 18 heavy (non-hydrogen) atoms. The molecule has 0 radical (unpaired) electrons. The molecule has 1 aromatic heterocycles. The Bertz CT molecular complexity index is 509. The first kappa shape index (κ1) is 12.1. The van der Waals surface area contributed by atoms with Crippen LogP contribution >= 0.6 is 0 Å². The van der Waals surface area contributed by atoms with Crippen molar-refractivity contribution in [2.45, 2.75) is 13.0 Å². The summed E-state index contributed by atoms with van der Waals surface area (Å²) in [6, 6.07) is -1.10.